The van der Waals surface area contributed by atoms with E-state index in [4.69, 9.17) is 5.73 Å². The highest BCUT2D eigenvalue weighted by molar-refractivity contribution is 5.78. The quantitative estimate of drug-likeness (QED) is 0.577. The zero-order valence-corrected chi connectivity index (χ0v) is 11.9. The summed E-state index contributed by atoms with van der Waals surface area (Å²) in [5.41, 5.74) is 6.14. The van der Waals surface area contributed by atoms with E-state index in [1.54, 1.807) is 0 Å². The highest BCUT2D eigenvalue weighted by Crippen LogP contribution is 2.21. The molecule has 4 nitrogen and oxygen atoms in total. The van der Waals surface area contributed by atoms with Crippen LogP contribution >= 0.6 is 0 Å². The number of hydrogen-bond acceptors (Lipinski definition) is 2. The predicted molar refractivity (Wildman–Crippen MR) is 76.7 cm³/mol. The fourth-order valence-corrected chi connectivity index (χ4v) is 2.70. The highest BCUT2D eigenvalue weighted by atomic mass is 15.2. The van der Waals surface area contributed by atoms with Gasteiger partial charge in [0.15, 0.2) is 5.96 Å². The molecule has 0 amide bonds. The lowest BCUT2D eigenvalue weighted by atomic mass is 9.93. The third kappa shape index (κ3) is 4.16. The van der Waals surface area contributed by atoms with Gasteiger partial charge in [-0.15, -0.1) is 0 Å². The van der Waals surface area contributed by atoms with Crippen molar-refractivity contribution in [2.24, 2.45) is 16.1 Å². The number of nitrogens with zero attached hydrogens (tertiary/aromatic N) is 2. The fraction of sp³-hybridized carbons (Fsp3) is 0.929. The van der Waals surface area contributed by atoms with Crippen LogP contribution in [-0.2, 0) is 0 Å². The maximum atomic E-state index is 5.92. The van der Waals surface area contributed by atoms with E-state index in [-0.39, 0.29) is 5.41 Å². The van der Waals surface area contributed by atoms with Crippen molar-refractivity contribution in [2.45, 2.75) is 52.0 Å². The first-order valence-electron chi connectivity index (χ1n) is 7.34. The van der Waals surface area contributed by atoms with Gasteiger partial charge in [-0.05, 0) is 50.6 Å². The number of likely N-dealkylation sites (tertiary alicyclic amines) is 1. The summed E-state index contributed by atoms with van der Waals surface area (Å²) >= 11 is 0. The van der Waals surface area contributed by atoms with Gasteiger partial charge in [-0.25, -0.2) is 0 Å². The minimum absolute atomic E-state index is 0.219. The molecule has 0 atom stereocenters. The van der Waals surface area contributed by atoms with Crippen molar-refractivity contribution in [3.63, 3.8) is 0 Å². The van der Waals surface area contributed by atoms with Gasteiger partial charge in [-0.3, -0.25) is 4.99 Å². The largest absolute Gasteiger partial charge is 0.370 e. The number of nitrogens with one attached hydrogen (secondary N) is 1. The molecular formula is C14H28N4. The van der Waals surface area contributed by atoms with Gasteiger partial charge in [0.2, 0.25) is 0 Å². The van der Waals surface area contributed by atoms with Crippen LogP contribution in [0.4, 0.5) is 0 Å². The topological polar surface area (TPSA) is 53.6 Å². The molecule has 0 unspecified atom stereocenters. The Morgan fingerprint density at radius 2 is 1.94 bits per heavy atom. The van der Waals surface area contributed by atoms with Gasteiger partial charge >= 0.3 is 0 Å². The molecule has 1 aliphatic carbocycles. The van der Waals surface area contributed by atoms with Gasteiger partial charge in [0.25, 0.3) is 0 Å². The highest BCUT2D eigenvalue weighted by Gasteiger charge is 2.24. The second-order valence-corrected chi connectivity index (χ2v) is 6.62. The Kier molecular flexibility index (Phi) is 4.49. The molecule has 104 valence electrons. The van der Waals surface area contributed by atoms with Crippen molar-refractivity contribution >= 4 is 5.96 Å². The lowest BCUT2D eigenvalue weighted by Crippen LogP contribution is -2.44. The second-order valence-electron chi connectivity index (χ2n) is 6.62. The molecule has 1 saturated heterocycles. The Hall–Kier alpha value is -0.770. The SMILES string of the molecule is CC(C)(CN=C(N)NC1CCC1)CN1CCCC1. The fourth-order valence-electron chi connectivity index (χ4n) is 2.70. The minimum Gasteiger partial charge on any atom is -0.370 e. The Morgan fingerprint density at radius 3 is 2.50 bits per heavy atom. The molecule has 0 aromatic carbocycles. The van der Waals surface area contributed by atoms with Crippen LogP contribution in [0.25, 0.3) is 0 Å². The Balaban J connectivity index is 1.73. The first-order valence-corrected chi connectivity index (χ1v) is 7.34. The van der Waals surface area contributed by atoms with Gasteiger partial charge in [0.1, 0.15) is 0 Å². The molecule has 0 bridgehead atoms. The van der Waals surface area contributed by atoms with E-state index in [1.165, 1.54) is 45.2 Å². The zero-order chi connectivity index (χ0) is 13.0. The summed E-state index contributed by atoms with van der Waals surface area (Å²) < 4.78 is 0. The molecule has 4 heteroatoms. The first kappa shape index (κ1) is 13.7. The van der Waals surface area contributed by atoms with E-state index in [2.05, 4.69) is 29.1 Å². The summed E-state index contributed by atoms with van der Waals surface area (Å²) in [5.74, 6) is 0.634. The number of guanidine groups is 1. The summed E-state index contributed by atoms with van der Waals surface area (Å²) in [6.07, 6.45) is 6.52. The van der Waals surface area contributed by atoms with Crippen molar-refractivity contribution in [1.29, 1.82) is 0 Å². The summed E-state index contributed by atoms with van der Waals surface area (Å²) in [7, 11) is 0. The maximum Gasteiger partial charge on any atom is 0.188 e. The van der Waals surface area contributed by atoms with E-state index in [9.17, 15) is 0 Å². The molecular weight excluding hydrogens is 224 g/mol. The lowest BCUT2D eigenvalue weighted by molar-refractivity contribution is 0.216. The minimum atomic E-state index is 0.219. The van der Waals surface area contributed by atoms with Crippen LogP contribution in [0.2, 0.25) is 0 Å². The average Bonchev–Trinajstić information content (AvgIpc) is 2.73. The molecule has 3 N–H and O–H groups in total. The van der Waals surface area contributed by atoms with E-state index in [1.807, 2.05) is 0 Å². The number of nitrogens with two attached hydrogens (primary N) is 1. The monoisotopic (exact) mass is 252 g/mol. The molecule has 0 radical (unpaired) electrons. The van der Waals surface area contributed by atoms with E-state index >= 15 is 0 Å². The van der Waals surface area contributed by atoms with Crippen LogP contribution in [0.3, 0.4) is 0 Å². The Morgan fingerprint density at radius 1 is 1.28 bits per heavy atom. The van der Waals surface area contributed by atoms with Crippen LogP contribution in [0.15, 0.2) is 4.99 Å². The molecule has 0 aromatic heterocycles. The lowest BCUT2D eigenvalue weighted by Gasteiger charge is -2.30. The standard InChI is InChI=1S/C14H28N4/c1-14(2,11-18-8-3-4-9-18)10-16-13(15)17-12-6-5-7-12/h12H,3-11H2,1-2H3,(H3,15,16,17). The van der Waals surface area contributed by atoms with Crippen molar-refractivity contribution in [1.82, 2.24) is 10.2 Å². The number of rotatable bonds is 5. The van der Waals surface area contributed by atoms with Gasteiger partial charge in [0.05, 0.1) is 0 Å². The van der Waals surface area contributed by atoms with Crippen LogP contribution < -0.4 is 11.1 Å². The summed E-state index contributed by atoms with van der Waals surface area (Å²) in [5, 5.41) is 3.30. The van der Waals surface area contributed by atoms with Gasteiger partial charge in [-0.2, -0.15) is 0 Å². The molecule has 1 aliphatic heterocycles. The van der Waals surface area contributed by atoms with Crippen LogP contribution in [-0.4, -0.2) is 43.1 Å². The molecule has 18 heavy (non-hydrogen) atoms. The van der Waals surface area contributed by atoms with Crippen molar-refractivity contribution in [3.05, 3.63) is 0 Å². The van der Waals surface area contributed by atoms with Crippen LogP contribution in [0.5, 0.6) is 0 Å². The average molecular weight is 252 g/mol. The van der Waals surface area contributed by atoms with Gasteiger partial charge in [-0.1, -0.05) is 13.8 Å². The summed E-state index contributed by atoms with van der Waals surface area (Å²) in [4.78, 5) is 7.06. The molecule has 2 fully saturated rings. The molecule has 1 heterocycles. The molecule has 2 rings (SSSR count). The third-order valence-corrected chi connectivity index (χ3v) is 3.98. The summed E-state index contributed by atoms with van der Waals surface area (Å²) in [6, 6.07) is 0.579. The normalized spacial score (nSPS) is 23.1. The number of hydrogen-bond donors (Lipinski definition) is 2. The molecule has 2 aliphatic rings. The van der Waals surface area contributed by atoms with Crippen molar-refractivity contribution in [3.8, 4) is 0 Å². The van der Waals surface area contributed by atoms with Crippen molar-refractivity contribution in [2.75, 3.05) is 26.2 Å². The first-order chi connectivity index (χ1) is 8.55. The molecule has 0 aromatic rings. The van der Waals surface area contributed by atoms with Gasteiger partial charge in [0, 0.05) is 19.1 Å². The number of aliphatic imine (C=N–C) groups is 1. The smallest absolute Gasteiger partial charge is 0.188 e. The van der Waals surface area contributed by atoms with E-state index in [0.717, 1.165) is 13.1 Å². The van der Waals surface area contributed by atoms with Crippen LogP contribution in [0.1, 0.15) is 46.0 Å². The maximum absolute atomic E-state index is 5.92. The Labute approximate surface area is 111 Å². The Bertz CT molecular complexity index is 288. The molecule has 1 saturated carbocycles. The molecule has 0 spiro atoms. The predicted octanol–water partition coefficient (Wildman–Crippen LogP) is 1.57. The zero-order valence-electron chi connectivity index (χ0n) is 11.9. The summed E-state index contributed by atoms with van der Waals surface area (Å²) in [6.45, 7) is 9.02. The second kappa shape index (κ2) is 5.91. The van der Waals surface area contributed by atoms with Crippen LogP contribution in [0, 0.1) is 5.41 Å². The van der Waals surface area contributed by atoms with E-state index < -0.39 is 0 Å². The van der Waals surface area contributed by atoms with Crippen molar-refractivity contribution < 1.29 is 0 Å². The van der Waals surface area contributed by atoms with E-state index in [0.29, 0.717) is 12.0 Å². The third-order valence-electron chi connectivity index (χ3n) is 3.98. The van der Waals surface area contributed by atoms with Gasteiger partial charge < -0.3 is 16.0 Å².